The minimum Gasteiger partial charge on any atom is -0.496 e. The second-order valence-corrected chi connectivity index (χ2v) is 4.00. The molecule has 0 atom stereocenters. The van der Waals surface area contributed by atoms with Gasteiger partial charge in [-0.3, -0.25) is 9.80 Å². The Balaban J connectivity index is 2.77. The first-order valence-corrected chi connectivity index (χ1v) is 5.75. The Kier molecular flexibility index (Phi) is 4.97. The van der Waals surface area contributed by atoms with Gasteiger partial charge in [-0.25, -0.2) is 5.84 Å². The van der Waals surface area contributed by atoms with E-state index in [1.165, 1.54) is 5.56 Å². The highest BCUT2D eigenvalue weighted by Gasteiger charge is 2.09. The molecule has 0 bridgehead atoms. The van der Waals surface area contributed by atoms with Crippen LogP contribution < -0.4 is 10.6 Å². The van der Waals surface area contributed by atoms with Gasteiger partial charge in [-0.05, 0) is 30.0 Å². The molecule has 0 unspecified atom stereocenters. The van der Waals surface area contributed by atoms with Crippen molar-refractivity contribution in [3.05, 3.63) is 29.3 Å². The van der Waals surface area contributed by atoms with E-state index in [9.17, 15) is 4.79 Å². The number of rotatable bonds is 5. The van der Waals surface area contributed by atoms with Crippen LogP contribution in [0.5, 0.6) is 5.75 Å². The predicted octanol–water partition coefficient (Wildman–Crippen LogP) is 1.52. The molecule has 0 aromatic heterocycles. The Labute approximate surface area is 102 Å². The third-order valence-corrected chi connectivity index (χ3v) is 2.75. The monoisotopic (exact) mass is 236 g/mol. The summed E-state index contributed by atoms with van der Waals surface area (Å²) in [5, 5.41) is 1.12. The quantitative estimate of drug-likeness (QED) is 0.479. The molecule has 1 rings (SSSR count). The average molecular weight is 236 g/mol. The Bertz CT molecular complexity index is 389. The smallest absolute Gasteiger partial charge is 0.236 e. The Morgan fingerprint density at radius 2 is 2.18 bits per heavy atom. The molecule has 0 saturated heterocycles. The largest absolute Gasteiger partial charge is 0.496 e. The molecule has 0 spiro atoms. The number of hydrogen-bond acceptors (Lipinski definition) is 3. The molecule has 0 aliphatic heterocycles. The number of hydrogen-bond donors (Lipinski definition) is 1. The van der Waals surface area contributed by atoms with E-state index in [1.54, 1.807) is 14.2 Å². The molecule has 1 amide bonds. The number of ether oxygens (including phenoxy) is 1. The van der Waals surface area contributed by atoms with Crippen LogP contribution >= 0.6 is 0 Å². The highest BCUT2D eigenvalue weighted by molar-refractivity contribution is 5.75. The van der Waals surface area contributed by atoms with Crippen LogP contribution in [-0.4, -0.2) is 25.1 Å². The highest BCUT2D eigenvalue weighted by atomic mass is 16.5. The summed E-state index contributed by atoms with van der Waals surface area (Å²) in [5.74, 6) is 6.13. The molecule has 4 nitrogen and oxygen atoms in total. The summed E-state index contributed by atoms with van der Waals surface area (Å²) in [6.45, 7) is 2.10. The summed E-state index contributed by atoms with van der Waals surface area (Å²) in [6, 6.07) is 6.08. The Morgan fingerprint density at radius 1 is 1.47 bits per heavy atom. The third kappa shape index (κ3) is 3.75. The lowest BCUT2D eigenvalue weighted by atomic mass is 10.0. The van der Waals surface area contributed by atoms with Gasteiger partial charge in [0.1, 0.15) is 5.75 Å². The van der Waals surface area contributed by atoms with Gasteiger partial charge in [0.15, 0.2) is 0 Å². The third-order valence-electron chi connectivity index (χ3n) is 2.75. The van der Waals surface area contributed by atoms with Crippen LogP contribution in [0.1, 0.15) is 24.5 Å². The Hall–Kier alpha value is -1.55. The van der Waals surface area contributed by atoms with E-state index >= 15 is 0 Å². The summed E-state index contributed by atoms with van der Waals surface area (Å²) in [5.41, 5.74) is 2.30. The minimum absolute atomic E-state index is 0.0750. The molecule has 0 aliphatic carbocycles. The van der Waals surface area contributed by atoms with Crippen LogP contribution in [0.2, 0.25) is 0 Å². The van der Waals surface area contributed by atoms with E-state index in [-0.39, 0.29) is 5.91 Å². The molecule has 17 heavy (non-hydrogen) atoms. The van der Waals surface area contributed by atoms with Gasteiger partial charge >= 0.3 is 0 Å². The van der Waals surface area contributed by atoms with E-state index < -0.39 is 0 Å². The molecule has 94 valence electrons. The van der Waals surface area contributed by atoms with Gasteiger partial charge in [0.05, 0.1) is 7.11 Å². The maximum absolute atomic E-state index is 11.4. The van der Waals surface area contributed by atoms with E-state index in [2.05, 4.69) is 13.0 Å². The van der Waals surface area contributed by atoms with E-state index in [1.807, 2.05) is 12.1 Å². The van der Waals surface area contributed by atoms with E-state index in [4.69, 9.17) is 10.6 Å². The molecule has 0 saturated carbocycles. The fourth-order valence-corrected chi connectivity index (χ4v) is 1.67. The van der Waals surface area contributed by atoms with Gasteiger partial charge in [-0.1, -0.05) is 19.1 Å². The SMILES string of the molecule is CCc1ccc(OC)c(CCC(=O)N(C)N)c1. The lowest BCUT2D eigenvalue weighted by Gasteiger charge is -2.12. The first-order chi connectivity index (χ1) is 8.08. The van der Waals surface area contributed by atoms with Crippen LogP contribution in [0.4, 0.5) is 0 Å². The van der Waals surface area contributed by atoms with E-state index in [0.717, 1.165) is 22.7 Å². The van der Waals surface area contributed by atoms with Gasteiger partial charge < -0.3 is 4.74 Å². The van der Waals surface area contributed by atoms with Gasteiger partial charge in [0, 0.05) is 13.5 Å². The molecule has 0 fully saturated rings. The van der Waals surface area contributed by atoms with Gasteiger partial charge in [-0.2, -0.15) is 0 Å². The molecule has 1 aromatic rings. The zero-order valence-corrected chi connectivity index (χ0v) is 10.7. The number of aryl methyl sites for hydroxylation is 2. The molecule has 0 radical (unpaired) electrons. The number of carbonyl (C=O) groups excluding carboxylic acids is 1. The standard InChI is InChI=1S/C13H20N2O2/c1-4-10-5-7-12(17-3)11(9-10)6-8-13(16)15(2)14/h5,7,9H,4,6,8,14H2,1-3H3. The fraction of sp³-hybridized carbons (Fsp3) is 0.462. The lowest BCUT2D eigenvalue weighted by Crippen LogP contribution is -2.33. The van der Waals surface area contributed by atoms with Gasteiger partial charge in [0.2, 0.25) is 5.91 Å². The number of benzene rings is 1. The van der Waals surface area contributed by atoms with Crippen molar-refractivity contribution < 1.29 is 9.53 Å². The lowest BCUT2D eigenvalue weighted by molar-refractivity contribution is -0.130. The van der Waals surface area contributed by atoms with Crippen LogP contribution in [0.15, 0.2) is 18.2 Å². The maximum atomic E-state index is 11.4. The number of amides is 1. The van der Waals surface area contributed by atoms with E-state index in [0.29, 0.717) is 12.8 Å². The van der Waals surface area contributed by atoms with Crippen molar-refractivity contribution in [1.82, 2.24) is 5.01 Å². The van der Waals surface area contributed by atoms with Crippen LogP contribution in [-0.2, 0) is 17.6 Å². The average Bonchev–Trinajstić information content (AvgIpc) is 2.35. The summed E-state index contributed by atoms with van der Waals surface area (Å²) < 4.78 is 5.28. The molecule has 4 heteroatoms. The van der Waals surface area contributed by atoms with Crippen molar-refractivity contribution in [3.63, 3.8) is 0 Å². The number of carbonyl (C=O) groups is 1. The topological polar surface area (TPSA) is 55.6 Å². The van der Waals surface area contributed by atoms with Crippen molar-refractivity contribution in [3.8, 4) is 5.75 Å². The molecular weight excluding hydrogens is 216 g/mol. The van der Waals surface area contributed by atoms with Gasteiger partial charge in [0.25, 0.3) is 0 Å². The van der Waals surface area contributed by atoms with Crippen LogP contribution in [0, 0.1) is 0 Å². The fourth-order valence-electron chi connectivity index (χ4n) is 1.67. The predicted molar refractivity (Wildman–Crippen MR) is 67.7 cm³/mol. The summed E-state index contributed by atoms with van der Waals surface area (Å²) in [7, 11) is 3.20. The number of nitrogens with two attached hydrogens (primary N) is 1. The maximum Gasteiger partial charge on any atom is 0.236 e. The zero-order valence-electron chi connectivity index (χ0n) is 10.7. The number of methoxy groups -OCH3 is 1. The van der Waals surface area contributed by atoms with Crippen molar-refractivity contribution in [2.45, 2.75) is 26.2 Å². The minimum atomic E-state index is -0.0750. The molecular formula is C13H20N2O2. The molecule has 0 aliphatic rings. The van der Waals surface area contributed by atoms with Crippen molar-refractivity contribution >= 4 is 5.91 Å². The van der Waals surface area contributed by atoms with Crippen LogP contribution in [0.25, 0.3) is 0 Å². The van der Waals surface area contributed by atoms with Crippen LogP contribution in [0.3, 0.4) is 0 Å². The summed E-state index contributed by atoms with van der Waals surface area (Å²) in [4.78, 5) is 11.4. The van der Waals surface area contributed by atoms with Crippen molar-refractivity contribution in [1.29, 1.82) is 0 Å². The highest BCUT2D eigenvalue weighted by Crippen LogP contribution is 2.21. The second kappa shape index (κ2) is 6.25. The summed E-state index contributed by atoms with van der Waals surface area (Å²) >= 11 is 0. The van der Waals surface area contributed by atoms with Gasteiger partial charge in [-0.15, -0.1) is 0 Å². The number of hydrazine groups is 1. The molecule has 2 N–H and O–H groups in total. The van der Waals surface area contributed by atoms with Crippen molar-refractivity contribution in [2.75, 3.05) is 14.2 Å². The first kappa shape index (κ1) is 13.5. The second-order valence-electron chi connectivity index (χ2n) is 4.00. The first-order valence-electron chi connectivity index (χ1n) is 5.75. The molecule has 0 heterocycles. The number of nitrogens with zero attached hydrogens (tertiary/aromatic N) is 1. The zero-order chi connectivity index (χ0) is 12.8. The molecule has 1 aromatic carbocycles. The Morgan fingerprint density at radius 3 is 2.71 bits per heavy atom. The normalized spacial score (nSPS) is 10.1. The van der Waals surface area contributed by atoms with Crippen molar-refractivity contribution in [2.24, 2.45) is 5.84 Å². The summed E-state index contributed by atoms with van der Waals surface area (Å²) in [6.07, 6.45) is 2.02.